The highest BCUT2D eigenvalue weighted by Crippen LogP contribution is 2.64. The first-order valence-electron chi connectivity index (χ1n) is 12.3. The van der Waals surface area contributed by atoms with Crippen LogP contribution in [0.3, 0.4) is 0 Å². The van der Waals surface area contributed by atoms with Crippen LogP contribution in [0.4, 0.5) is 0 Å². The van der Waals surface area contributed by atoms with Gasteiger partial charge in [-0.1, -0.05) is 24.3 Å². The molecule has 0 radical (unpaired) electrons. The van der Waals surface area contributed by atoms with Gasteiger partial charge in [0.15, 0.2) is 0 Å². The van der Waals surface area contributed by atoms with Gasteiger partial charge in [0.05, 0.1) is 23.6 Å². The summed E-state index contributed by atoms with van der Waals surface area (Å²) in [6.07, 6.45) is 1.92. The smallest absolute Gasteiger partial charge is 0.312 e. The fourth-order valence-corrected chi connectivity index (χ4v) is 6.37. The Balaban J connectivity index is 1.47. The first-order valence-corrected chi connectivity index (χ1v) is 12.3. The molecule has 4 heterocycles. The molecule has 1 spiro atoms. The first-order chi connectivity index (χ1) is 16.9. The van der Waals surface area contributed by atoms with Crippen LogP contribution in [-0.4, -0.2) is 79.8 Å². The Kier molecular flexibility index (Phi) is 6.00. The number of hydrogen-bond donors (Lipinski definition) is 2. The number of aromatic nitrogens is 3. The minimum Gasteiger partial charge on any atom is -0.466 e. The van der Waals surface area contributed by atoms with Crippen molar-refractivity contribution >= 4 is 28.8 Å². The number of aliphatic hydroxyl groups is 1. The zero-order valence-electron chi connectivity index (χ0n) is 20.0. The highest BCUT2D eigenvalue weighted by Gasteiger charge is 2.78. The molecule has 1 aromatic heterocycles. The molecule has 0 saturated carbocycles. The van der Waals surface area contributed by atoms with Crippen LogP contribution in [-0.2, 0) is 30.5 Å². The summed E-state index contributed by atoms with van der Waals surface area (Å²) in [5.74, 6) is -2.68. The number of esters is 1. The topological polar surface area (TPSA) is 136 Å². The fourth-order valence-electron chi connectivity index (χ4n) is 6.37. The number of benzene rings is 1. The zero-order valence-corrected chi connectivity index (χ0v) is 20.0. The Morgan fingerprint density at radius 1 is 1.29 bits per heavy atom. The molecule has 188 valence electrons. The molecule has 3 fully saturated rings. The standard InChI is InChI=1S/C24H31N5O6/c1-3-23-10-11-24(35-23)17(18(23)22(33)34-4-2)21(32)28(12-7-13-30)19(24)20(31)25-14-29-16-9-6-5-8-15(16)26-27-29/h5-6,8-9,17-19,30H,3-4,7,10-14H2,1-2H3,(H,25,31)/t17-,18-,19?,23+,24?/m0/s1. The van der Waals surface area contributed by atoms with Gasteiger partial charge in [-0.2, -0.15) is 0 Å². The SMILES string of the molecule is CCOC(=O)[C@@H]1[C@H]2C(=O)N(CCCO)C(C(=O)NCn3nnc4ccccc43)C23CC[C@@]1(CC)O3. The van der Waals surface area contributed by atoms with Gasteiger partial charge in [-0.3, -0.25) is 14.4 Å². The predicted octanol–water partition coefficient (Wildman–Crippen LogP) is 0.605. The molecule has 1 aromatic carbocycles. The van der Waals surface area contributed by atoms with Gasteiger partial charge < -0.3 is 24.8 Å². The molecular weight excluding hydrogens is 454 g/mol. The van der Waals surface area contributed by atoms with Crippen molar-refractivity contribution in [3.63, 3.8) is 0 Å². The first kappa shape index (κ1) is 23.7. The normalized spacial score (nSPS) is 31.2. The van der Waals surface area contributed by atoms with Gasteiger partial charge in [0.2, 0.25) is 11.8 Å². The van der Waals surface area contributed by atoms with Crippen LogP contribution in [0.25, 0.3) is 11.0 Å². The molecule has 3 aliphatic heterocycles. The molecule has 5 rings (SSSR count). The van der Waals surface area contributed by atoms with Crippen LogP contribution in [0.5, 0.6) is 0 Å². The van der Waals surface area contributed by atoms with E-state index in [1.54, 1.807) is 11.6 Å². The Morgan fingerprint density at radius 3 is 2.83 bits per heavy atom. The van der Waals surface area contributed by atoms with Crippen LogP contribution in [0.1, 0.15) is 39.5 Å². The quantitative estimate of drug-likeness (QED) is 0.493. The summed E-state index contributed by atoms with van der Waals surface area (Å²) < 4.78 is 13.5. The molecule has 0 aliphatic carbocycles. The van der Waals surface area contributed by atoms with Gasteiger partial charge in [-0.25, -0.2) is 4.68 Å². The van der Waals surface area contributed by atoms with Crippen molar-refractivity contribution in [1.29, 1.82) is 0 Å². The minimum absolute atomic E-state index is 0.0683. The Hall–Kier alpha value is -3.05. The van der Waals surface area contributed by atoms with Gasteiger partial charge in [-0.05, 0) is 44.7 Å². The van der Waals surface area contributed by atoms with E-state index in [0.717, 1.165) is 5.52 Å². The van der Waals surface area contributed by atoms with Crippen LogP contribution in [0.15, 0.2) is 24.3 Å². The highest BCUT2D eigenvalue weighted by molar-refractivity contribution is 5.98. The summed E-state index contributed by atoms with van der Waals surface area (Å²) in [6, 6.07) is 6.50. The van der Waals surface area contributed by atoms with E-state index in [0.29, 0.717) is 31.2 Å². The van der Waals surface area contributed by atoms with Crippen molar-refractivity contribution in [2.24, 2.45) is 11.8 Å². The molecule has 2 unspecified atom stereocenters. The molecule has 2 bridgehead atoms. The second-order valence-corrected chi connectivity index (χ2v) is 9.47. The van der Waals surface area contributed by atoms with Gasteiger partial charge >= 0.3 is 5.97 Å². The highest BCUT2D eigenvalue weighted by atomic mass is 16.6. The van der Waals surface area contributed by atoms with E-state index in [2.05, 4.69) is 15.6 Å². The fraction of sp³-hybridized carbons (Fsp3) is 0.625. The Morgan fingerprint density at radius 2 is 2.09 bits per heavy atom. The predicted molar refractivity (Wildman–Crippen MR) is 123 cm³/mol. The summed E-state index contributed by atoms with van der Waals surface area (Å²) in [5, 5.41) is 20.6. The van der Waals surface area contributed by atoms with E-state index in [9.17, 15) is 19.5 Å². The van der Waals surface area contributed by atoms with Crippen LogP contribution < -0.4 is 5.32 Å². The van der Waals surface area contributed by atoms with E-state index in [4.69, 9.17) is 9.47 Å². The maximum Gasteiger partial charge on any atom is 0.312 e. The van der Waals surface area contributed by atoms with Gasteiger partial charge in [0.25, 0.3) is 0 Å². The van der Waals surface area contributed by atoms with Crippen molar-refractivity contribution in [1.82, 2.24) is 25.2 Å². The van der Waals surface area contributed by atoms with Gasteiger partial charge in [0, 0.05) is 13.2 Å². The van der Waals surface area contributed by atoms with Crippen molar-refractivity contribution < 1.29 is 29.0 Å². The van der Waals surface area contributed by atoms with Crippen LogP contribution in [0, 0.1) is 11.8 Å². The maximum atomic E-state index is 13.7. The van der Waals surface area contributed by atoms with E-state index < -0.39 is 35.0 Å². The molecule has 35 heavy (non-hydrogen) atoms. The van der Waals surface area contributed by atoms with Crippen LogP contribution in [0.2, 0.25) is 0 Å². The van der Waals surface area contributed by atoms with Gasteiger partial charge in [0.1, 0.15) is 29.7 Å². The third-order valence-electron chi connectivity index (χ3n) is 7.85. The van der Waals surface area contributed by atoms with E-state index in [1.807, 2.05) is 31.2 Å². The lowest BCUT2D eigenvalue weighted by atomic mass is 9.65. The summed E-state index contributed by atoms with van der Waals surface area (Å²) in [5.41, 5.74) is -0.458. The summed E-state index contributed by atoms with van der Waals surface area (Å²) >= 11 is 0. The van der Waals surface area contributed by atoms with E-state index in [1.165, 1.54) is 4.90 Å². The number of fused-ring (bicyclic) bond motifs is 2. The number of aliphatic hydroxyl groups excluding tert-OH is 1. The number of amides is 2. The van der Waals surface area contributed by atoms with Gasteiger partial charge in [-0.15, -0.1) is 5.10 Å². The molecule has 11 heteroatoms. The summed E-state index contributed by atoms with van der Waals surface area (Å²) in [7, 11) is 0. The molecule has 5 atom stereocenters. The molecule has 2 amide bonds. The number of nitrogens with one attached hydrogen (secondary N) is 1. The average molecular weight is 486 g/mol. The van der Waals surface area contributed by atoms with Crippen molar-refractivity contribution in [3.8, 4) is 0 Å². The minimum atomic E-state index is -1.12. The lowest BCUT2D eigenvalue weighted by Crippen LogP contribution is -2.55. The number of rotatable bonds is 9. The number of likely N-dealkylation sites (tertiary alicyclic amines) is 1. The molecule has 2 aromatic rings. The van der Waals surface area contributed by atoms with Crippen molar-refractivity contribution in [2.45, 2.75) is 63.4 Å². The number of carbonyl (C=O) groups excluding carboxylic acids is 3. The van der Waals surface area contributed by atoms with Crippen molar-refractivity contribution in [2.75, 3.05) is 19.8 Å². The largest absolute Gasteiger partial charge is 0.466 e. The second-order valence-electron chi connectivity index (χ2n) is 9.47. The van der Waals surface area contributed by atoms with E-state index >= 15 is 0 Å². The number of hydrogen-bond acceptors (Lipinski definition) is 8. The number of carbonyl (C=O) groups is 3. The molecule has 3 saturated heterocycles. The van der Waals surface area contributed by atoms with Crippen LogP contribution >= 0.6 is 0 Å². The Labute approximate surface area is 202 Å². The summed E-state index contributed by atoms with van der Waals surface area (Å²) in [6.45, 7) is 4.00. The van der Waals surface area contributed by atoms with Crippen molar-refractivity contribution in [3.05, 3.63) is 24.3 Å². The third kappa shape index (κ3) is 3.43. The maximum absolute atomic E-state index is 13.7. The summed E-state index contributed by atoms with van der Waals surface area (Å²) in [4.78, 5) is 42.0. The molecular formula is C24H31N5O6. The second kappa shape index (κ2) is 8.87. The third-order valence-corrected chi connectivity index (χ3v) is 7.85. The molecule has 3 aliphatic rings. The monoisotopic (exact) mass is 485 g/mol. The Bertz CT molecular complexity index is 1150. The van der Waals surface area contributed by atoms with E-state index in [-0.39, 0.29) is 38.2 Å². The number of nitrogens with zero attached hydrogens (tertiary/aromatic N) is 4. The lowest BCUT2D eigenvalue weighted by Gasteiger charge is -2.33. The molecule has 11 nitrogen and oxygen atoms in total. The number of ether oxygens (including phenoxy) is 2. The molecule has 2 N–H and O–H groups in total. The number of para-hydroxylation sites is 1. The average Bonchev–Trinajstić information content (AvgIpc) is 3.58. The lowest BCUT2D eigenvalue weighted by molar-refractivity contribution is -0.160. The zero-order chi connectivity index (χ0) is 24.8.